The molecular weight excluding hydrogens is 182 g/mol. The van der Waals surface area contributed by atoms with Gasteiger partial charge in [-0.1, -0.05) is 0 Å². The van der Waals surface area contributed by atoms with Gasteiger partial charge >= 0.3 is 0 Å². The molecule has 5 heteroatoms. The Labute approximate surface area is 84.5 Å². The van der Waals surface area contributed by atoms with E-state index >= 15 is 0 Å². The Morgan fingerprint density at radius 2 is 2.21 bits per heavy atom. The Hall–Kier alpha value is -0.650. The van der Waals surface area contributed by atoms with Gasteiger partial charge < -0.3 is 15.7 Å². The highest BCUT2D eigenvalue weighted by molar-refractivity contribution is 5.78. The van der Waals surface area contributed by atoms with Crippen molar-refractivity contribution in [3.8, 4) is 0 Å². The van der Waals surface area contributed by atoms with Crippen LogP contribution in [0.1, 0.15) is 6.92 Å². The number of aliphatic hydroxyl groups is 1. The van der Waals surface area contributed by atoms with Crippen LogP contribution in [0.15, 0.2) is 0 Å². The maximum Gasteiger partial charge on any atom is 0.234 e. The van der Waals surface area contributed by atoms with E-state index in [9.17, 15) is 4.79 Å². The minimum atomic E-state index is -0.470. The number of rotatable bonds is 4. The second kappa shape index (κ2) is 5.95. The van der Waals surface area contributed by atoms with Crippen LogP contribution in [-0.4, -0.2) is 61.3 Å². The topological polar surface area (TPSA) is 64.6 Å². The molecule has 1 heterocycles. The third kappa shape index (κ3) is 4.55. The molecular formula is C9H19N3O2. The molecule has 5 nitrogen and oxygen atoms in total. The maximum atomic E-state index is 11.3. The normalized spacial score (nSPS) is 20.4. The molecule has 0 saturated carbocycles. The Bertz CT molecular complexity index is 179. The third-order valence-electron chi connectivity index (χ3n) is 2.17. The van der Waals surface area contributed by atoms with Crippen molar-refractivity contribution in [1.29, 1.82) is 0 Å². The molecule has 14 heavy (non-hydrogen) atoms. The van der Waals surface area contributed by atoms with Crippen molar-refractivity contribution in [3.05, 3.63) is 0 Å². The average molecular weight is 201 g/mol. The van der Waals surface area contributed by atoms with E-state index < -0.39 is 6.10 Å². The number of hydrogen-bond donors (Lipinski definition) is 3. The van der Waals surface area contributed by atoms with E-state index in [1.165, 1.54) is 0 Å². The molecule has 0 aromatic heterocycles. The van der Waals surface area contributed by atoms with Crippen molar-refractivity contribution >= 4 is 5.91 Å². The van der Waals surface area contributed by atoms with Crippen LogP contribution in [0.4, 0.5) is 0 Å². The van der Waals surface area contributed by atoms with Crippen LogP contribution in [-0.2, 0) is 4.79 Å². The lowest BCUT2D eigenvalue weighted by molar-refractivity contribution is -0.122. The molecule has 1 amide bonds. The summed E-state index contributed by atoms with van der Waals surface area (Å²) in [6, 6.07) is 0. The zero-order valence-electron chi connectivity index (χ0n) is 8.62. The number of hydrogen-bond acceptors (Lipinski definition) is 4. The Morgan fingerprint density at radius 3 is 2.79 bits per heavy atom. The van der Waals surface area contributed by atoms with Crippen LogP contribution in [0.2, 0.25) is 0 Å². The summed E-state index contributed by atoms with van der Waals surface area (Å²) >= 11 is 0. The van der Waals surface area contributed by atoms with Crippen LogP contribution in [0.3, 0.4) is 0 Å². The molecule has 0 aliphatic carbocycles. The highest BCUT2D eigenvalue weighted by atomic mass is 16.3. The Balaban J connectivity index is 2.12. The van der Waals surface area contributed by atoms with E-state index in [4.69, 9.17) is 5.11 Å². The summed E-state index contributed by atoms with van der Waals surface area (Å²) in [6.45, 7) is 6.17. The smallest absolute Gasteiger partial charge is 0.234 e. The highest BCUT2D eigenvalue weighted by Crippen LogP contribution is 1.90. The molecule has 0 unspecified atom stereocenters. The number of aliphatic hydroxyl groups excluding tert-OH is 1. The fourth-order valence-electron chi connectivity index (χ4n) is 1.39. The van der Waals surface area contributed by atoms with Crippen LogP contribution in [0.5, 0.6) is 0 Å². The van der Waals surface area contributed by atoms with Crippen molar-refractivity contribution in [2.24, 2.45) is 0 Å². The number of piperazine rings is 1. The predicted molar refractivity (Wildman–Crippen MR) is 54.0 cm³/mol. The molecule has 0 radical (unpaired) electrons. The molecule has 1 fully saturated rings. The number of nitrogens with zero attached hydrogens (tertiary/aromatic N) is 1. The van der Waals surface area contributed by atoms with Gasteiger partial charge in [0.2, 0.25) is 5.91 Å². The van der Waals surface area contributed by atoms with Gasteiger partial charge in [-0.25, -0.2) is 0 Å². The third-order valence-corrected chi connectivity index (χ3v) is 2.17. The van der Waals surface area contributed by atoms with Gasteiger partial charge in [-0.2, -0.15) is 0 Å². The molecule has 1 aliphatic rings. The zero-order chi connectivity index (χ0) is 10.4. The van der Waals surface area contributed by atoms with Crippen molar-refractivity contribution in [2.45, 2.75) is 13.0 Å². The molecule has 0 aromatic carbocycles. The molecule has 1 saturated heterocycles. The van der Waals surface area contributed by atoms with E-state index in [1.807, 2.05) is 0 Å². The first kappa shape index (κ1) is 11.4. The lowest BCUT2D eigenvalue weighted by atomic mass is 10.3. The van der Waals surface area contributed by atoms with Gasteiger partial charge in [-0.15, -0.1) is 0 Å². The highest BCUT2D eigenvalue weighted by Gasteiger charge is 2.13. The van der Waals surface area contributed by atoms with E-state index in [2.05, 4.69) is 15.5 Å². The fourth-order valence-corrected chi connectivity index (χ4v) is 1.39. The van der Waals surface area contributed by atoms with Gasteiger partial charge in [0.1, 0.15) is 0 Å². The van der Waals surface area contributed by atoms with Crippen LogP contribution >= 0.6 is 0 Å². The molecule has 0 spiro atoms. The van der Waals surface area contributed by atoms with Crippen LogP contribution in [0.25, 0.3) is 0 Å². The number of carbonyl (C=O) groups excluding carboxylic acids is 1. The van der Waals surface area contributed by atoms with Gasteiger partial charge in [0.05, 0.1) is 12.6 Å². The summed E-state index contributed by atoms with van der Waals surface area (Å²) in [5.41, 5.74) is 0. The average Bonchev–Trinajstić information content (AvgIpc) is 2.16. The zero-order valence-corrected chi connectivity index (χ0v) is 8.62. The number of nitrogens with one attached hydrogen (secondary N) is 2. The summed E-state index contributed by atoms with van der Waals surface area (Å²) in [4.78, 5) is 13.4. The van der Waals surface area contributed by atoms with E-state index in [0.717, 1.165) is 26.2 Å². The van der Waals surface area contributed by atoms with Crippen LogP contribution < -0.4 is 10.6 Å². The predicted octanol–water partition coefficient (Wildman–Crippen LogP) is -1.61. The summed E-state index contributed by atoms with van der Waals surface area (Å²) in [5, 5.41) is 14.9. The standard InChI is InChI=1S/C9H19N3O2/c1-8(13)6-11-9(14)7-12-4-2-10-3-5-12/h8,10,13H,2-7H2,1H3,(H,11,14)/t8-/m0/s1. The summed E-state index contributed by atoms with van der Waals surface area (Å²) in [7, 11) is 0. The van der Waals surface area contributed by atoms with Crippen molar-refractivity contribution in [3.63, 3.8) is 0 Å². The first-order valence-corrected chi connectivity index (χ1v) is 5.06. The van der Waals surface area contributed by atoms with Crippen molar-refractivity contribution < 1.29 is 9.90 Å². The first-order chi connectivity index (χ1) is 6.68. The minimum absolute atomic E-state index is 0.00667. The molecule has 82 valence electrons. The van der Waals surface area contributed by atoms with Crippen LogP contribution in [0, 0.1) is 0 Å². The second-order valence-corrected chi connectivity index (χ2v) is 3.68. The Morgan fingerprint density at radius 1 is 1.57 bits per heavy atom. The molecule has 0 bridgehead atoms. The SMILES string of the molecule is C[C@H](O)CNC(=O)CN1CCNCC1. The monoisotopic (exact) mass is 201 g/mol. The van der Waals surface area contributed by atoms with Gasteiger partial charge in [-0.3, -0.25) is 9.69 Å². The molecule has 1 atom stereocenters. The number of amides is 1. The molecule has 1 aliphatic heterocycles. The summed E-state index contributed by atoms with van der Waals surface area (Å²) < 4.78 is 0. The minimum Gasteiger partial charge on any atom is -0.392 e. The van der Waals surface area contributed by atoms with E-state index in [1.54, 1.807) is 6.92 Å². The maximum absolute atomic E-state index is 11.3. The molecule has 0 aromatic rings. The van der Waals surface area contributed by atoms with Crippen molar-refractivity contribution in [2.75, 3.05) is 39.3 Å². The van der Waals surface area contributed by atoms with Gasteiger partial charge in [0, 0.05) is 32.7 Å². The van der Waals surface area contributed by atoms with Gasteiger partial charge in [-0.05, 0) is 6.92 Å². The second-order valence-electron chi connectivity index (χ2n) is 3.68. The van der Waals surface area contributed by atoms with Crippen molar-refractivity contribution in [1.82, 2.24) is 15.5 Å². The fraction of sp³-hybridized carbons (Fsp3) is 0.889. The number of carbonyl (C=O) groups is 1. The summed E-state index contributed by atoms with van der Waals surface area (Å²) in [5.74, 6) is -0.00667. The van der Waals surface area contributed by atoms with Gasteiger partial charge in [0.25, 0.3) is 0 Å². The molecule has 3 N–H and O–H groups in total. The van der Waals surface area contributed by atoms with Gasteiger partial charge in [0.15, 0.2) is 0 Å². The lowest BCUT2D eigenvalue weighted by Crippen LogP contribution is -2.48. The quantitative estimate of drug-likeness (QED) is 0.512. The van der Waals surface area contributed by atoms with E-state index in [0.29, 0.717) is 13.1 Å². The Kier molecular flexibility index (Phi) is 4.86. The summed E-state index contributed by atoms with van der Waals surface area (Å²) in [6.07, 6.45) is -0.470. The lowest BCUT2D eigenvalue weighted by Gasteiger charge is -2.26. The first-order valence-electron chi connectivity index (χ1n) is 5.06. The van der Waals surface area contributed by atoms with E-state index in [-0.39, 0.29) is 5.91 Å². The largest absolute Gasteiger partial charge is 0.392 e. The molecule has 1 rings (SSSR count).